The summed E-state index contributed by atoms with van der Waals surface area (Å²) >= 11 is 8.08. The third-order valence-corrected chi connectivity index (χ3v) is 15.0. The third kappa shape index (κ3) is 4.25. The molecule has 0 spiro atoms. The van der Waals surface area contributed by atoms with Crippen LogP contribution in [-0.4, -0.2) is 24.5 Å². The maximum Gasteiger partial charge on any atom is 0.310 e. The van der Waals surface area contributed by atoms with Gasteiger partial charge in [0.15, 0.2) is 0 Å². The summed E-state index contributed by atoms with van der Waals surface area (Å²) in [6.07, 6.45) is 6.35. The lowest BCUT2D eigenvalue weighted by Gasteiger charge is -2.55. The van der Waals surface area contributed by atoms with Gasteiger partial charge in [-0.3, -0.25) is 4.79 Å². The molecular formula is C18H17I4O5S-. The molecule has 0 radical (unpaired) electrons. The fourth-order valence-corrected chi connectivity index (χ4v) is 11.1. The third-order valence-electron chi connectivity index (χ3n) is 6.20. The van der Waals surface area contributed by atoms with E-state index in [1.165, 1.54) is 19.3 Å². The lowest BCUT2D eigenvalue weighted by molar-refractivity contribution is -0.185. The number of hydrogen-bond acceptors (Lipinski definition) is 5. The highest BCUT2D eigenvalue weighted by molar-refractivity contribution is 14.1. The van der Waals surface area contributed by atoms with Gasteiger partial charge in [-0.25, -0.2) is 8.42 Å². The van der Waals surface area contributed by atoms with Crippen molar-refractivity contribution in [2.75, 3.05) is 0 Å². The molecule has 0 heterocycles. The largest absolute Gasteiger partial charge is 0.744 e. The van der Waals surface area contributed by atoms with Gasteiger partial charge in [-0.05, 0) is 152 Å². The minimum absolute atomic E-state index is 0.181. The minimum Gasteiger partial charge on any atom is -0.744 e. The van der Waals surface area contributed by atoms with Crippen LogP contribution in [0.4, 0.5) is 0 Å². The van der Waals surface area contributed by atoms with Crippen LogP contribution in [-0.2, 0) is 26.1 Å². The molecule has 0 N–H and O–H groups in total. The summed E-state index contributed by atoms with van der Waals surface area (Å²) in [5.41, 5.74) is -0.100. The first-order valence-electron chi connectivity index (χ1n) is 9.01. The first kappa shape index (κ1) is 22.7. The van der Waals surface area contributed by atoms with Gasteiger partial charge >= 0.3 is 5.97 Å². The number of halogens is 4. The van der Waals surface area contributed by atoms with Crippen molar-refractivity contribution >= 4 is 106 Å². The van der Waals surface area contributed by atoms with Crippen molar-refractivity contribution in [1.29, 1.82) is 0 Å². The molecule has 4 aliphatic carbocycles. The normalized spacial score (nSPS) is 31.2. The van der Waals surface area contributed by atoms with E-state index in [2.05, 4.69) is 22.6 Å². The summed E-state index contributed by atoms with van der Waals surface area (Å²) in [7, 11) is -4.70. The van der Waals surface area contributed by atoms with Gasteiger partial charge in [0.1, 0.15) is 15.7 Å². The number of ether oxygens (including phenoxy) is 1. The fraction of sp³-hybridized carbons (Fsp3) is 0.611. The van der Waals surface area contributed by atoms with E-state index in [1.54, 1.807) is 0 Å². The Morgan fingerprint density at radius 1 is 0.929 bits per heavy atom. The van der Waals surface area contributed by atoms with E-state index in [9.17, 15) is 17.8 Å². The van der Waals surface area contributed by atoms with Crippen molar-refractivity contribution in [3.8, 4) is 0 Å². The lowest BCUT2D eigenvalue weighted by Crippen LogP contribution is -2.52. The van der Waals surface area contributed by atoms with Crippen LogP contribution in [0.25, 0.3) is 0 Å². The molecule has 0 aliphatic heterocycles. The van der Waals surface area contributed by atoms with Crippen LogP contribution in [0.1, 0.15) is 44.1 Å². The highest BCUT2D eigenvalue weighted by Crippen LogP contribution is 2.57. The summed E-state index contributed by atoms with van der Waals surface area (Å²) in [6, 6.07) is 0. The zero-order valence-corrected chi connectivity index (χ0v) is 24.1. The Bertz CT molecular complexity index is 924. The quantitative estimate of drug-likeness (QED) is 0.139. The molecular weight excluding hydrogens is 836 g/mol. The van der Waals surface area contributed by atoms with Gasteiger partial charge in [0.2, 0.25) is 0 Å². The SMILES string of the molecule is O=C(Cc1c(I)c(I)c(I)c(I)c1S(=O)(=O)[O-])OC12CC3CC(CC(C3)C1)C2. The fourth-order valence-electron chi connectivity index (χ4n) is 5.65. The van der Waals surface area contributed by atoms with Gasteiger partial charge in [0.05, 0.1) is 11.3 Å². The topological polar surface area (TPSA) is 83.5 Å². The Morgan fingerprint density at radius 2 is 1.39 bits per heavy atom. The van der Waals surface area contributed by atoms with Crippen molar-refractivity contribution in [1.82, 2.24) is 0 Å². The molecule has 4 saturated carbocycles. The van der Waals surface area contributed by atoms with Crippen molar-refractivity contribution in [3.05, 3.63) is 19.8 Å². The van der Waals surface area contributed by atoms with E-state index >= 15 is 0 Å². The lowest BCUT2D eigenvalue weighted by atomic mass is 9.54. The van der Waals surface area contributed by atoms with E-state index < -0.39 is 16.1 Å². The van der Waals surface area contributed by atoms with Crippen molar-refractivity contribution in [3.63, 3.8) is 0 Å². The molecule has 0 unspecified atom stereocenters. The van der Waals surface area contributed by atoms with Crippen LogP contribution in [0.5, 0.6) is 0 Å². The molecule has 1 aromatic rings. The molecule has 28 heavy (non-hydrogen) atoms. The van der Waals surface area contributed by atoms with Crippen molar-refractivity contribution < 1.29 is 22.5 Å². The van der Waals surface area contributed by atoms with E-state index in [-0.39, 0.29) is 22.5 Å². The molecule has 1 aromatic carbocycles. The molecule has 5 nitrogen and oxygen atoms in total. The summed E-state index contributed by atoms with van der Waals surface area (Å²) < 4.78 is 44.5. The molecule has 0 atom stereocenters. The maximum absolute atomic E-state index is 12.9. The maximum atomic E-state index is 12.9. The number of hydrogen-bond donors (Lipinski definition) is 0. The number of rotatable bonds is 4. The van der Waals surface area contributed by atoms with E-state index in [0.717, 1.165) is 26.4 Å². The van der Waals surface area contributed by atoms with Gasteiger partial charge in [0.25, 0.3) is 0 Å². The average molecular weight is 853 g/mol. The molecule has 5 rings (SSSR count). The van der Waals surface area contributed by atoms with Gasteiger partial charge < -0.3 is 9.29 Å². The average Bonchev–Trinajstić information content (AvgIpc) is 2.54. The van der Waals surface area contributed by atoms with Gasteiger partial charge in [-0.2, -0.15) is 0 Å². The second-order valence-corrected chi connectivity index (χ2v) is 13.9. The Hall–Kier alpha value is 1.52. The summed E-state index contributed by atoms with van der Waals surface area (Å²) in [5, 5.41) is 0. The summed E-state index contributed by atoms with van der Waals surface area (Å²) in [6.45, 7) is 0. The molecule has 0 amide bonds. The number of benzene rings is 1. The first-order valence-corrected chi connectivity index (χ1v) is 14.7. The van der Waals surface area contributed by atoms with Gasteiger partial charge in [-0.1, -0.05) is 0 Å². The minimum atomic E-state index is -4.70. The van der Waals surface area contributed by atoms with Crippen molar-refractivity contribution in [2.45, 2.75) is 55.4 Å². The Morgan fingerprint density at radius 3 is 1.86 bits per heavy atom. The second-order valence-electron chi connectivity index (χ2n) is 8.27. The molecule has 4 bridgehead atoms. The van der Waals surface area contributed by atoms with E-state index in [4.69, 9.17) is 4.74 Å². The van der Waals surface area contributed by atoms with Crippen LogP contribution in [0.2, 0.25) is 0 Å². The molecule has 0 aromatic heterocycles. The number of esters is 1. The molecule has 4 aliphatic rings. The zero-order valence-electron chi connectivity index (χ0n) is 14.6. The predicted octanol–water partition coefficient (Wildman–Crippen LogP) is 5.06. The first-order chi connectivity index (χ1) is 13.0. The van der Waals surface area contributed by atoms with Gasteiger partial charge in [0, 0.05) is 14.3 Å². The van der Waals surface area contributed by atoms with Crippen LogP contribution >= 0.6 is 90.4 Å². The predicted molar refractivity (Wildman–Crippen MR) is 136 cm³/mol. The van der Waals surface area contributed by atoms with E-state index in [0.29, 0.717) is 24.9 Å². The molecule has 154 valence electrons. The Balaban J connectivity index is 1.64. The standard InChI is InChI=1S/C18H18I4O5S/c19-13-11(17(28(24,25)26)16(22)15(21)14(13)20)4-12(23)27-18-5-8-1-9(6-18)3-10(2-8)7-18/h8-10H,1-7H2,(H,24,25,26)/p-1. The van der Waals surface area contributed by atoms with Crippen LogP contribution in [0, 0.1) is 32.0 Å². The summed E-state index contributed by atoms with van der Waals surface area (Å²) in [5.74, 6) is 1.53. The summed E-state index contributed by atoms with van der Waals surface area (Å²) in [4.78, 5) is 12.6. The van der Waals surface area contributed by atoms with E-state index in [1.807, 2.05) is 67.8 Å². The number of carbonyl (C=O) groups excluding carboxylic acids is 1. The monoisotopic (exact) mass is 853 g/mol. The Labute approximate surface area is 219 Å². The smallest absolute Gasteiger partial charge is 0.310 e. The van der Waals surface area contributed by atoms with Crippen LogP contribution < -0.4 is 0 Å². The zero-order chi connectivity index (χ0) is 20.4. The van der Waals surface area contributed by atoms with Crippen LogP contribution in [0.15, 0.2) is 4.90 Å². The number of carbonyl (C=O) groups is 1. The molecule has 10 heteroatoms. The second kappa shape index (κ2) is 8.14. The molecule has 0 saturated heterocycles. The highest BCUT2D eigenvalue weighted by atomic mass is 127. The van der Waals surface area contributed by atoms with Gasteiger partial charge in [-0.15, -0.1) is 0 Å². The highest BCUT2D eigenvalue weighted by Gasteiger charge is 2.53. The molecule has 4 fully saturated rings. The van der Waals surface area contributed by atoms with Crippen molar-refractivity contribution in [2.24, 2.45) is 17.8 Å². The Kier molecular flexibility index (Phi) is 6.60. The van der Waals surface area contributed by atoms with Crippen LogP contribution in [0.3, 0.4) is 0 Å².